The molecule has 0 aromatic heterocycles. The zero-order chi connectivity index (χ0) is 11.8. The highest BCUT2D eigenvalue weighted by atomic mass is 79.9. The Hall–Kier alpha value is -0.500. The molecule has 1 saturated carbocycles. The third-order valence-corrected chi connectivity index (χ3v) is 4.37. The van der Waals surface area contributed by atoms with Gasteiger partial charge in [0.25, 0.3) is 0 Å². The highest BCUT2D eigenvalue weighted by molar-refractivity contribution is 9.10. The molecule has 1 aromatic rings. The van der Waals surface area contributed by atoms with Crippen molar-refractivity contribution in [2.45, 2.75) is 46.1 Å². The van der Waals surface area contributed by atoms with Crippen molar-refractivity contribution in [1.29, 1.82) is 0 Å². The van der Waals surface area contributed by atoms with Crippen molar-refractivity contribution in [1.82, 2.24) is 0 Å². The molecular weight excluding hydrogens is 262 g/mol. The third-order valence-electron chi connectivity index (χ3n) is 3.71. The predicted octanol–water partition coefficient (Wildman–Crippen LogP) is 4.75. The number of hydrogen-bond acceptors (Lipinski definition) is 1. The quantitative estimate of drug-likeness (QED) is 0.825. The van der Waals surface area contributed by atoms with Crippen LogP contribution in [-0.4, -0.2) is 6.04 Å². The van der Waals surface area contributed by atoms with E-state index in [2.05, 4.69) is 60.2 Å². The molecule has 1 aliphatic rings. The first-order valence-electron chi connectivity index (χ1n) is 6.02. The van der Waals surface area contributed by atoms with Crippen molar-refractivity contribution >= 4 is 21.6 Å². The van der Waals surface area contributed by atoms with E-state index in [9.17, 15) is 0 Å². The lowest BCUT2D eigenvalue weighted by Gasteiger charge is -2.29. The average molecular weight is 282 g/mol. The summed E-state index contributed by atoms with van der Waals surface area (Å²) in [4.78, 5) is 0. The van der Waals surface area contributed by atoms with Crippen LogP contribution in [0.25, 0.3) is 0 Å². The van der Waals surface area contributed by atoms with Gasteiger partial charge in [0.1, 0.15) is 0 Å². The summed E-state index contributed by atoms with van der Waals surface area (Å²) in [5.41, 5.74) is 2.94. The van der Waals surface area contributed by atoms with Gasteiger partial charge in [0.2, 0.25) is 0 Å². The molecular formula is C14H20BrN. The molecule has 0 bridgehead atoms. The van der Waals surface area contributed by atoms with Crippen molar-refractivity contribution in [3.05, 3.63) is 28.2 Å². The van der Waals surface area contributed by atoms with Gasteiger partial charge in [0, 0.05) is 16.2 Å². The Bertz CT molecular complexity index is 384. The van der Waals surface area contributed by atoms with E-state index in [1.807, 2.05) is 0 Å². The van der Waals surface area contributed by atoms with Gasteiger partial charge in [-0.1, -0.05) is 26.3 Å². The second-order valence-electron chi connectivity index (χ2n) is 5.56. The maximum Gasteiger partial charge on any atom is 0.0487 e. The fourth-order valence-electron chi connectivity index (χ4n) is 2.52. The molecule has 1 aromatic carbocycles. The van der Waals surface area contributed by atoms with Crippen molar-refractivity contribution in [2.75, 3.05) is 5.32 Å². The first-order chi connectivity index (χ1) is 7.49. The van der Waals surface area contributed by atoms with Crippen molar-refractivity contribution < 1.29 is 0 Å². The second kappa shape index (κ2) is 4.40. The van der Waals surface area contributed by atoms with Gasteiger partial charge in [0.05, 0.1) is 0 Å². The van der Waals surface area contributed by atoms with Crippen LogP contribution >= 0.6 is 15.9 Å². The molecule has 2 heteroatoms. The third kappa shape index (κ3) is 2.42. The monoisotopic (exact) mass is 281 g/mol. The molecule has 0 spiro atoms. The summed E-state index contributed by atoms with van der Waals surface area (Å²) >= 11 is 3.63. The summed E-state index contributed by atoms with van der Waals surface area (Å²) in [6, 6.07) is 7.11. The van der Waals surface area contributed by atoms with E-state index in [4.69, 9.17) is 0 Å². The van der Waals surface area contributed by atoms with Crippen LogP contribution in [0.15, 0.2) is 22.7 Å². The van der Waals surface area contributed by atoms with Gasteiger partial charge < -0.3 is 5.32 Å². The molecule has 1 nitrogen and oxygen atoms in total. The Morgan fingerprint density at radius 3 is 2.69 bits per heavy atom. The first-order valence-corrected chi connectivity index (χ1v) is 6.81. The molecule has 88 valence electrons. The lowest BCUT2D eigenvalue weighted by molar-refractivity contribution is 0.350. The maximum absolute atomic E-state index is 3.68. The molecule has 0 aliphatic heterocycles. The lowest BCUT2D eigenvalue weighted by atomic mass is 9.87. The smallest absolute Gasteiger partial charge is 0.0487 e. The predicted molar refractivity (Wildman–Crippen MR) is 73.9 cm³/mol. The van der Waals surface area contributed by atoms with Crippen LogP contribution in [0.3, 0.4) is 0 Å². The Kier molecular flexibility index (Phi) is 3.29. The molecule has 1 aliphatic carbocycles. The van der Waals surface area contributed by atoms with Gasteiger partial charge in [-0.15, -0.1) is 0 Å². The van der Waals surface area contributed by atoms with E-state index < -0.39 is 0 Å². The number of benzene rings is 1. The van der Waals surface area contributed by atoms with Crippen molar-refractivity contribution in [3.63, 3.8) is 0 Å². The van der Waals surface area contributed by atoms with Gasteiger partial charge in [-0.25, -0.2) is 0 Å². The highest BCUT2D eigenvalue weighted by Crippen LogP contribution is 2.40. The fraction of sp³-hybridized carbons (Fsp3) is 0.571. The van der Waals surface area contributed by atoms with E-state index in [1.54, 1.807) is 0 Å². The van der Waals surface area contributed by atoms with Gasteiger partial charge in [-0.2, -0.15) is 0 Å². The van der Waals surface area contributed by atoms with E-state index in [0.29, 0.717) is 11.5 Å². The number of aryl methyl sites for hydroxylation is 1. The topological polar surface area (TPSA) is 12.0 Å². The minimum Gasteiger partial charge on any atom is -0.381 e. The standard InChI is InChI=1S/C14H20BrN/c1-10-6-7-12(11(15)9-10)16-13-5-4-8-14(13,2)3/h6-7,9,13,16H,4-5,8H2,1-3H3. The Morgan fingerprint density at radius 2 is 2.12 bits per heavy atom. The number of anilines is 1. The molecule has 0 saturated heterocycles. The molecule has 1 atom stereocenters. The van der Waals surface area contributed by atoms with Crippen LogP contribution in [-0.2, 0) is 0 Å². The summed E-state index contributed by atoms with van der Waals surface area (Å²) in [6.07, 6.45) is 3.95. The molecule has 1 N–H and O–H groups in total. The summed E-state index contributed by atoms with van der Waals surface area (Å²) < 4.78 is 1.18. The summed E-state index contributed by atoms with van der Waals surface area (Å²) in [5.74, 6) is 0. The van der Waals surface area contributed by atoms with Crippen molar-refractivity contribution in [3.8, 4) is 0 Å². The zero-order valence-electron chi connectivity index (χ0n) is 10.3. The largest absolute Gasteiger partial charge is 0.381 e. The van der Waals surface area contributed by atoms with Crippen molar-refractivity contribution in [2.24, 2.45) is 5.41 Å². The zero-order valence-corrected chi connectivity index (χ0v) is 11.9. The molecule has 1 unspecified atom stereocenters. The van der Waals surface area contributed by atoms with Gasteiger partial charge >= 0.3 is 0 Å². The van der Waals surface area contributed by atoms with E-state index in [0.717, 1.165) is 0 Å². The molecule has 2 rings (SSSR count). The van der Waals surface area contributed by atoms with E-state index in [1.165, 1.54) is 35.0 Å². The van der Waals surface area contributed by atoms with Crippen LogP contribution in [0.4, 0.5) is 5.69 Å². The van der Waals surface area contributed by atoms with E-state index >= 15 is 0 Å². The average Bonchev–Trinajstić information content (AvgIpc) is 2.50. The molecule has 0 heterocycles. The minimum absolute atomic E-state index is 0.421. The molecule has 0 amide bonds. The normalized spacial score (nSPS) is 23.4. The molecule has 16 heavy (non-hydrogen) atoms. The molecule has 1 fully saturated rings. The first kappa shape index (κ1) is 12.0. The Balaban J connectivity index is 2.15. The van der Waals surface area contributed by atoms with Crippen LogP contribution in [0.2, 0.25) is 0 Å². The summed E-state index contributed by atoms with van der Waals surface area (Å²) in [7, 11) is 0. The lowest BCUT2D eigenvalue weighted by Crippen LogP contribution is -2.30. The Labute approximate surface area is 107 Å². The highest BCUT2D eigenvalue weighted by Gasteiger charge is 2.34. The van der Waals surface area contributed by atoms with Crippen LogP contribution in [0, 0.1) is 12.3 Å². The van der Waals surface area contributed by atoms with Crippen LogP contribution < -0.4 is 5.32 Å². The summed E-state index contributed by atoms with van der Waals surface area (Å²) in [6.45, 7) is 6.84. The Morgan fingerprint density at radius 1 is 1.38 bits per heavy atom. The van der Waals surface area contributed by atoms with Gasteiger partial charge in [0.15, 0.2) is 0 Å². The molecule has 0 radical (unpaired) electrons. The second-order valence-corrected chi connectivity index (χ2v) is 6.42. The number of rotatable bonds is 2. The van der Waals surface area contributed by atoms with Gasteiger partial charge in [-0.3, -0.25) is 0 Å². The summed E-state index contributed by atoms with van der Waals surface area (Å²) in [5, 5.41) is 3.68. The van der Waals surface area contributed by atoms with Crippen LogP contribution in [0.5, 0.6) is 0 Å². The fourth-order valence-corrected chi connectivity index (χ4v) is 3.13. The minimum atomic E-state index is 0.421. The number of nitrogens with one attached hydrogen (secondary N) is 1. The SMILES string of the molecule is Cc1ccc(NC2CCCC2(C)C)c(Br)c1. The van der Waals surface area contributed by atoms with Crippen LogP contribution in [0.1, 0.15) is 38.7 Å². The number of hydrogen-bond donors (Lipinski definition) is 1. The maximum atomic E-state index is 3.68. The van der Waals surface area contributed by atoms with E-state index in [-0.39, 0.29) is 0 Å². The number of halogens is 1. The van der Waals surface area contributed by atoms with Gasteiger partial charge in [-0.05, 0) is 58.8 Å².